The molecule has 0 rings (SSSR count). The molecular weight excluding hydrogens is 364 g/mol. The molecule has 0 bridgehead atoms. The van der Waals surface area contributed by atoms with Crippen molar-refractivity contribution in [1.82, 2.24) is 9.80 Å². The van der Waals surface area contributed by atoms with Crippen molar-refractivity contribution in [2.45, 2.75) is 25.7 Å². The van der Waals surface area contributed by atoms with Gasteiger partial charge in [-0.05, 0) is 37.3 Å². The molecule has 0 spiro atoms. The summed E-state index contributed by atoms with van der Waals surface area (Å²) in [7, 11) is -0.394. The van der Waals surface area contributed by atoms with Crippen LogP contribution in [0.3, 0.4) is 0 Å². The summed E-state index contributed by atoms with van der Waals surface area (Å²) >= 11 is 9.71. The molecule has 6 nitrogen and oxygen atoms in total. The minimum Gasteiger partial charge on any atom is -0.360 e. The van der Waals surface area contributed by atoms with Gasteiger partial charge in [0.2, 0.25) is 19.7 Å². The minimum atomic E-state index is -3.39. The summed E-state index contributed by atoms with van der Waals surface area (Å²) in [5.74, 6) is -0.0141. The van der Waals surface area contributed by atoms with Gasteiger partial charge >= 0.3 is 0 Å². The Labute approximate surface area is 144 Å². The Morgan fingerprint density at radius 3 is 1.18 bits per heavy atom. The van der Waals surface area contributed by atoms with Gasteiger partial charge < -0.3 is 9.80 Å². The summed E-state index contributed by atoms with van der Waals surface area (Å²) in [4.78, 5) is 2.80. The molecule has 0 aromatic carbocycles. The molecule has 0 fully saturated rings. The van der Waals surface area contributed by atoms with E-state index < -0.39 is 19.7 Å². The van der Waals surface area contributed by atoms with E-state index in [4.69, 9.17) is 24.4 Å². The van der Waals surface area contributed by atoms with E-state index in [0.717, 1.165) is 0 Å². The van der Waals surface area contributed by atoms with Crippen LogP contribution >= 0.6 is 24.4 Å². The summed E-state index contributed by atoms with van der Waals surface area (Å²) in [6.45, 7) is 0. The molecule has 10 heteroatoms. The quantitative estimate of drug-likeness (QED) is 0.474. The number of hydrogen-bond acceptors (Lipinski definition) is 6. The maximum atomic E-state index is 11.8. The third-order valence-corrected chi connectivity index (χ3v) is 8.54. The highest BCUT2D eigenvalue weighted by atomic mass is 32.2. The summed E-state index contributed by atoms with van der Waals surface area (Å²) in [5, 5.41) is 0. The van der Waals surface area contributed by atoms with Gasteiger partial charge in [-0.2, -0.15) is 0 Å². The van der Waals surface area contributed by atoms with Crippen molar-refractivity contribution in [1.29, 1.82) is 0 Å². The number of hydrogen-bond donors (Lipinski definition) is 0. The molecule has 0 unspecified atom stereocenters. The molecule has 0 aromatic rings. The molecule has 0 atom stereocenters. The Morgan fingerprint density at radius 2 is 0.955 bits per heavy atom. The molecule has 0 radical (unpaired) electrons. The zero-order valence-electron chi connectivity index (χ0n) is 13.4. The lowest BCUT2D eigenvalue weighted by Gasteiger charge is -2.14. The molecule has 22 heavy (non-hydrogen) atoms. The van der Waals surface area contributed by atoms with E-state index in [2.05, 4.69) is 0 Å². The Hall–Kier alpha value is -0.320. The summed E-state index contributed by atoms with van der Waals surface area (Å²) in [6, 6.07) is 0. The topological polar surface area (TPSA) is 74.8 Å². The minimum absolute atomic E-state index is 0.00707. The Morgan fingerprint density at radius 1 is 0.682 bits per heavy atom. The summed E-state index contributed by atoms with van der Waals surface area (Å²) in [6.07, 6.45) is 2.21. The fourth-order valence-electron chi connectivity index (χ4n) is 1.67. The second kappa shape index (κ2) is 9.09. The van der Waals surface area contributed by atoms with E-state index in [1.165, 1.54) is 9.80 Å². The molecule has 0 aliphatic rings. The normalized spacial score (nSPS) is 12.0. The van der Waals surface area contributed by atoms with E-state index in [-0.39, 0.29) is 20.1 Å². The SMILES string of the molecule is CN(C)C(=S)S(=O)(=O)CCCCCCS(=O)(=O)C(=S)N(C)C. The number of thiocarbonyl (C=S) groups is 2. The van der Waals surface area contributed by atoms with Crippen molar-refractivity contribution in [3.05, 3.63) is 0 Å². The lowest BCUT2D eigenvalue weighted by molar-refractivity contribution is 0.580. The average molecular weight is 389 g/mol. The Bertz CT molecular complexity index is 541. The first kappa shape index (κ1) is 21.7. The second-order valence-corrected chi connectivity index (χ2v) is 10.7. The van der Waals surface area contributed by atoms with E-state index in [1.807, 2.05) is 0 Å². The van der Waals surface area contributed by atoms with E-state index in [0.29, 0.717) is 25.7 Å². The van der Waals surface area contributed by atoms with Gasteiger partial charge in [-0.1, -0.05) is 12.8 Å². The van der Waals surface area contributed by atoms with Gasteiger partial charge in [0.05, 0.1) is 11.5 Å². The van der Waals surface area contributed by atoms with Crippen LogP contribution in [0.1, 0.15) is 25.7 Å². The van der Waals surface area contributed by atoms with Crippen molar-refractivity contribution in [2.24, 2.45) is 0 Å². The van der Waals surface area contributed by atoms with Crippen LogP contribution in [-0.2, 0) is 19.7 Å². The zero-order valence-corrected chi connectivity index (χ0v) is 16.7. The fraction of sp³-hybridized carbons (Fsp3) is 0.833. The fourth-order valence-corrected chi connectivity index (χ4v) is 4.80. The van der Waals surface area contributed by atoms with Gasteiger partial charge in [-0.3, -0.25) is 0 Å². The van der Waals surface area contributed by atoms with Gasteiger partial charge in [0.15, 0.2) is 8.64 Å². The largest absolute Gasteiger partial charge is 0.360 e. The molecular formula is C12H24N2O4S4. The molecule has 0 aliphatic heterocycles. The molecule has 0 aromatic heterocycles. The van der Waals surface area contributed by atoms with Gasteiger partial charge in [0.25, 0.3) is 0 Å². The van der Waals surface area contributed by atoms with E-state index >= 15 is 0 Å². The highest BCUT2D eigenvalue weighted by Gasteiger charge is 2.20. The van der Waals surface area contributed by atoms with Crippen molar-refractivity contribution in [2.75, 3.05) is 39.7 Å². The number of unbranched alkanes of at least 4 members (excludes halogenated alkanes) is 3. The molecule has 0 N–H and O–H groups in total. The Balaban J connectivity index is 4.12. The first-order valence-electron chi connectivity index (χ1n) is 6.80. The van der Waals surface area contributed by atoms with Crippen LogP contribution in [-0.4, -0.2) is 75.0 Å². The van der Waals surface area contributed by atoms with Crippen molar-refractivity contribution in [3.63, 3.8) is 0 Å². The predicted molar refractivity (Wildman–Crippen MR) is 98.6 cm³/mol. The molecule has 0 amide bonds. The number of rotatable bonds is 7. The van der Waals surface area contributed by atoms with Gasteiger partial charge in [-0.15, -0.1) is 0 Å². The van der Waals surface area contributed by atoms with Gasteiger partial charge in [-0.25, -0.2) is 16.8 Å². The zero-order chi connectivity index (χ0) is 17.6. The highest BCUT2D eigenvalue weighted by molar-refractivity contribution is 8.17. The average Bonchev–Trinajstić information content (AvgIpc) is 2.40. The van der Waals surface area contributed by atoms with Crippen LogP contribution in [0.15, 0.2) is 0 Å². The molecule has 0 saturated carbocycles. The molecule has 0 aliphatic carbocycles. The van der Waals surface area contributed by atoms with Crippen LogP contribution in [0.4, 0.5) is 0 Å². The second-order valence-electron chi connectivity index (χ2n) is 5.37. The first-order valence-corrected chi connectivity index (χ1v) is 10.9. The monoisotopic (exact) mass is 388 g/mol. The van der Waals surface area contributed by atoms with Gasteiger partial charge in [0.1, 0.15) is 0 Å². The van der Waals surface area contributed by atoms with Gasteiger partial charge in [0, 0.05) is 28.2 Å². The lowest BCUT2D eigenvalue weighted by Crippen LogP contribution is -2.30. The third kappa shape index (κ3) is 7.30. The third-order valence-electron chi connectivity index (χ3n) is 2.84. The first-order chi connectivity index (χ1) is 9.92. The van der Waals surface area contributed by atoms with Crippen LogP contribution in [0, 0.1) is 0 Å². The number of sulfone groups is 2. The van der Waals surface area contributed by atoms with E-state index in [9.17, 15) is 16.8 Å². The number of nitrogens with zero attached hydrogens (tertiary/aromatic N) is 2. The molecule has 0 saturated heterocycles. The van der Waals surface area contributed by atoms with Crippen molar-refractivity contribution in [3.8, 4) is 0 Å². The maximum Gasteiger partial charge on any atom is 0.204 e. The summed E-state index contributed by atoms with van der Waals surface area (Å²) < 4.78 is 47.2. The standard InChI is InChI=1S/C12H24N2O4S4/c1-13(2)11(19)21(15,16)9-7-5-6-8-10-22(17,18)12(20)14(3)4/h5-10H2,1-4H3. The smallest absolute Gasteiger partial charge is 0.204 e. The summed E-state index contributed by atoms with van der Waals surface area (Å²) in [5.41, 5.74) is 0. The highest BCUT2D eigenvalue weighted by Crippen LogP contribution is 2.09. The van der Waals surface area contributed by atoms with Crippen LogP contribution < -0.4 is 0 Å². The van der Waals surface area contributed by atoms with Crippen molar-refractivity contribution < 1.29 is 16.8 Å². The van der Waals surface area contributed by atoms with Crippen molar-refractivity contribution >= 4 is 52.8 Å². The maximum absolute atomic E-state index is 11.8. The molecule has 130 valence electrons. The Kier molecular flexibility index (Phi) is 8.96. The van der Waals surface area contributed by atoms with Crippen LogP contribution in [0.2, 0.25) is 0 Å². The van der Waals surface area contributed by atoms with E-state index in [1.54, 1.807) is 28.2 Å². The predicted octanol–water partition coefficient (Wildman–Crippen LogP) is 1.07. The lowest BCUT2D eigenvalue weighted by atomic mass is 10.2. The molecule has 0 heterocycles. The van der Waals surface area contributed by atoms with Crippen LogP contribution in [0.5, 0.6) is 0 Å². The van der Waals surface area contributed by atoms with Crippen LogP contribution in [0.25, 0.3) is 0 Å².